The third-order valence-corrected chi connectivity index (χ3v) is 5.81. The number of likely N-dealkylation sites (tertiary alicyclic amines) is 1. The lowest BCUT2D eigenvalue weighted by Gasteiger charge is -2.21. The molecular formula is C20H27N3O3S. The van der Waals surface area contributed by atoms with Gasteiger partial charge in [0.15, 0.2) is 0 Å². The predicted molar refractivity (Wildman–Crippen MR) is 106 cm³/mol. The van der Waals surface area contributed by atoms with Gasteiger partial charge in [0.1, 0.15) is 11.5 Å². The minimum absolute atomic E-state index is 0.0206. The van der Waals surface area contributed by atoms with E-state index in [1.54, 1.807) is 24.3 Å². The molecule has 27 heavy (non-hydrogen) atoms. The average Bonchev–Trinajstić information content (AvgIpc) is 3.20. The normalized spacial score (nSPS) is 20.9. The lowest BCUT2D eigenvalue weighted by molar-refractivity contribution is -0.125. The molecule has 3 rings (SSSR count). The van der Waals surface area contributed by atoms with Crippen LogP contribution < -0.4 is 10.6 Å². The van der Waals surface area contributed by atoms with E-state index < -0.39 is 0 Å². The van der Waals surface area contributed by atoms with Crippen molar-refractivity contribution in [3.63, 3.8) is 0 Å². The Morgan fingerprint density at radius 3 is 2.78 bits per heavy atom. The first-order valence-electron chi connectivity index (χ1n) is 9.29. The van der Waals surface area contributed by atoms with Crippen molar-refractivity contribution in [1.29, 1.82) is 0 Å². The van der Waals surface area contributed by atoms with Gasteiger partial charge in [-0.15, -0.1) is 11.3 Å². The Bertz CT molecular complexity index is 785. The number of rotatable bonds is 5. The van der Waals surface area contributed by atoms with Gasteiger partial charge in [-0.3, -0.25) is 9.59 Å². The predicted octanol–water partition coefficient (Wildman–Crippen LogP) is 2.71. The van der Waals surface area contributed by atoms with Crippen LogP contribution in [0.15, 0.2) is 28.0 Å². The zero-order chi connectivity index (χ0) is 19.4. The molecular weight excluding hydrogens is 362 g/mol. The lowest BCUT2D eigenvalue weighted by atomic mass is 10.0. The summed E-state index contributed by atoms with van der Waals surface area (Å²) >= 11 is 1.64. The van der Waals surface area contributed by atoms with Gasteiger partial charge in [0.2, 0.25) is 5.91 Å². The van der Waals surface area contributed by atoms with Crippen LogP contribution in [0.2, 0.25) is 0 Å². The Hall–Kier alpha value is -2.12. The van der Waals surface area contributed by atoms with Crippen molar-refractivity contribution in [2.75, 3.05) is 20.1 Å². The van der Waals surface area contributed by atoms with Crippen LogP contribution in [-0.4, -0.2) is 42.9 Å². The first kappa shape index (κ1) is 19.6. The van der Waals surface area contributed by atoms with Gasteiger partial charge in [-0.2, -0.15) is 0 Å². The number of furan rings is 1. The Morgan fingerprint density at radius 2 is 2.11 bits per heavy atom. The van der Waals surface area contributed by atoms with Gasteiger partial charge in [0, 0.05) is 24.0 Å². The summed E-state index contributed by atoms with van der Waals surface area (Å²) < 4.78 is 5.45. The van der Waals surface area contributed by atoms with E-state index in [0.29, 0.717) is 24.4 Å². The largest absolute Gasteiger partial charge is 0.466 e. The highest BCUT2D eigenvalue weighted by molar-refractivity contribution is 7.09. The maximum Gasteiger partial charge on any atom is 0.255 e. The molecule has 1 saturated heterocycles. The van der Waals surface area contributed by atoms with E-state index in [0.717, 1.165) is 30.0 Å². The summed E-state index contributed by atoms with van der Waals surface area (Å²) in [7, 11) is 2.00. The second kappa shape index (κ2) is 8.71. The van der Waals surface area contributed by atoms with Gasteiger partial charge in [0.05, 0.1) is 18.0 Å². The van der Waals surface area contributed by atoms with E-state index in [4.69, 9.17) is 4.42 Å². The van der Waals surface area contributed by atoms with Crippen LogP contribution in [0.25, 0.3) is 0 Å². The highest BCUT2D eigenvalue weighted by Crippen LogP contribution is 2.19. The van der Waals surface area contributed by atoms with E-state index in [9.17, 15) is 9.59 Å². The molecule has 0 radical (unpaired) electrons. The molecule has 1 aliphatic rings. The number of amides is 2. The van der Waals surface area contributed by atoms with Crippen LogP contribution in [0.4, 0.5) is 0 Å². The molecule has 1 fully saturated rings. The Labute approximate surface area is 163 Å². The number of aryl methyl sites for hydroxylation is 2. The molecule has 0 aliphatic carbocycles. The number of hydrogen-bond acceptors (Lipinski definition) is 5. The molecule has 0 aromatic carbocycles. The van der Waals surface area contributed by atoms with E-state index in [-0.39, 0.29) is 23.8 Å². The zero-order valence-corrected chi connectivity index (χ0v) is 16.9. The van der Waals surface area contributed by atoms with E-state index in [1.165, 1.54) is 0 Å². The van der Waals surface area contributed by atoms with Gasteiger partial charge >= 0.3 is 0 Å². The van der Waals surface area contributed by atoms with Crippen molar-refractivity contribution in [1.82, 2.24) is 15.5 Å². The quantitative estimate of drug-likeness (QED) is 0.825. The van der Waals surface area contributed by atoms with E-state index in [1.807, 2.05) is 31.5 Å². The molecule has 2 N–H and O–H groups in total. The van der Waals surface area contributed by atoms with Crippen LogP contribution in [0, 0.1) is 19.8 Å². The van der Waals surface area contributed by atoms with Gasteiger partial charge in [0.25, 0.3) is 5.91 Å². The van der Waals surface area contributed by atoms with Crippen molar-refractivity contribution in [3.8, 4) is 0 Å². The molecule has 0 spiro atoms. The van der Waals surface area contributed by atoms with Gasteiger partial charge in [-0.1, -0.05) is 6.07 Å². The number of carbonyl (C=O) groups is 2. The van der Waals surface area contributed by atoms with Crippen molar-refractivity contribution >= 4 is 23.2 Å². The number of carbonyl (C=O) groups excluding carboxylic acids is 2. The van der Waals surface area contributed by atoms with Crippen LogP contribution in [0.3, 0.4) is 0 Å². The Morgan fingerprint density at radius 1 is 1.30 bits per heavy atom. The molecule has 6 nitrogen and oxygen atoms in total. The smallest absolute Gasteiger partial charge is 0.255 e. The number of thiophene rings is 1. The van der Waals surface area contributed by atoms with Gasteiger partial charge in [-0.25, -0.2) is 0 Å². The maximum atomic E-state index is 12.6. The summed E-state index contributed by atoms with van der Waals surface area (Å²) in [6.45, 7) is 5.65. The van der Waals surface area contributed by atoms with Crippen LogP contribution in [-0.2, 0) is 11.3 Å². The van der Waals surface area contributed by atoms with Crippen LogP contribution in [0.1, 0.15) is 39.6 Å². The summed E-state index contributed by atoms with van der Waals surface area (Å²) in [4.78, 5) is 28.4. The molecule has 1 aliphatic heterocycles. The molecule has 146 valence electrons. The van der Waals surface area contributed by atoms with Gasteiger partial charge in [-0.05, 0) is 51.2 Å². The molecule has 0 saturated carbocycles. The summed E-state index contributed by atoms with van der Waals surface area (Å²) in [5.74, 6) is 1.29. The molecule has 2 atom stereocenters. The fourth-order valence-electron chi connectivity index (χ4n) is 3.59. The average molecular weight is 390 g/mol. The van der Waals surface area contributed by atoms with Crippen LogP contribution in [0.5, 0.6) is 0 Å². The number of hydrogen-bond donors (Lipinski definition) is 2. The number of nitrogens with zero attached hydrogens (tertiary/aromatic N) is 1. The third-order valence-electron chi connectivity index (χ3n) is 4.94. The molecule has 2 aromatic rings. The zero-order valence-electron chi connectivity index (χ0n) is 16.1. The van der Waals surface area contributed by atoms with Crippen molar-refractivity contribution in [2.24, 2.45) is 5.92 Å². The van der Waals surface area contributed by atoms with Crippen molar-refractivity contribution in [2.45, 2.75) is 39.3 Å². The number of likely N-dealkylation sites (N-methyl/N-ethyl adjacent to an activating group) is 1. The van der Waals surface area contributed by atoms with Crippen LogP contribution >= 0.6 is 11.3 Å². The molecule has 3 heterocycles. The topological polar surface area (TPSA) is 74.6 Å². The maximum absolute atomic E-state index is 12.6. The SMILES string of the molecule is Cc1cc(C(=O)N[C@H]2CC[C@@H](C(=O)NCc3cccs3)CN(C)C2)c(C)o1. The lowest BCUT2D eigenvalue weighted by Crippen LogP contribution is -2.42. The van der Waals surface area contributed by atoms with E-state index >= 15 is 0 Å². The summed E-state index contributed by atoms with van der Waals surface area (Å²) in [6.07, 6.45) is 1.54. The summed E-state index contributed by atoms with van der Waals surface area (Å²) in [5.41, 5.74) is 0.588. The van der Waals surface area contributed by atoms with Crippen molar-refractivity contribution < 1.29 is 14.0 Å². The summed E-state index contributed by atoms with van der Waals surface area (Å²) in [6, 6.07) is 5.80. The second-order valence-corrected chi connectivity index (χ2v) is 8.32. The van der Waals surface area contributed by atoms with E-state index in [2.05, 4.69) is 15.5 Å². The van der Waals surface area contributed by atoms with Gasteiger partial charge < -0.3 is 20.0 Å². The molecule has 0 unspecified atom stereocenters. The highest BCUT2D eigenvalue weighted by atomic mass is 32.1. The first-order valence-corrected chi connectivity index (χ1v) is 10.2. The van der Waals surface area contributed by atoms with Crippen molar-refractivity contribution in [3.05, 3.63) is 45.5 Å². The Balaban J connectivity index is 1.54. The third kappa shape index (κ3) is 5.20. The molecule has 7 heteroatoms. The minimum atomic E-state index is -0.108. The summed E-state index contributed by atoms with van der Waals surface area (Å²) in [5, 5.41) is 8.15. The first-order chi connectivity index (χ1) is 12.9. The number of nitrogens with one attached hydrogen (secondary N) is 2. The monoisotopic (exact) mass is 389 g/mol. The highest BCUT2D eigenvalue weighted by Gasteiger charge is 2.28. The second-order valence-electron chi connectivity index (χ2n) is 7.29. The Kier molecular flexibility index (Phi) is 6.34. The molecule has 2 aromatic heterocycles. The molecule has 0 bridgehead atoms. The fraction of sp³-hybridized carbons (Fsp3) is 0.500. The standard InChI is InChI=1S/C20H27N3O3S/c1-13-9-18(14(2)26-13)20(25)22-16-7-6-15(11-23(3)12-16)19(24)21-10-17-5-4-8-27-17/h4-5,8-9,15-16H,6-7,10-12H2,1-3H3,(H,21,24)(H,22,25)/t15-,16+/m1/s1. The fourth-order valence-corrected chi connectivity index (χ4v) is 4.24. The molecule has 2 amide bonds. The minimum Gasteiger partial charge on any atom is -0.466 e.